The second-order valence-electron chi connectivity index (χ2n) is 4.64. The summed E-state index contributed by atoms with van der Waals surface area (Å²) in [5, 5.41) is 0. The van der Waals surface area contributed by atoms with Crippen molar-refractivity contribution < 1.29 is 14.3 Å². The molecule has 96 valence electrons. The van der Waals surface area contributed by atoms with Crippen molar-refractivity contribution in [2.45, 2.75) is 25.6 Å². The smallest absolute Gasteiger partial charge is 0.292 e. The van der Waals surface area contributed by atoms with Gasteiger partial charge in [0.1, 0.15) is 0 Å². The average molecular weight is 247 g/mol. The van der Waals surface area contributed by atoms with E-state index in [1.54, 1.807) is 4.90 Å². The maximum atomic E-state index is 12.6. The van der Waals surface area contributed by atoms with Gasteiger partial charge in [-0.2, -0.15) is 0 Å². The molecular weight excluding hydrogens is 230 g/mol. The maximum absolute atomic E-state index is 12.6. The lowest BCUT2D eigenvalue weighted by Crippen LogP contribution is -2.41. The fourth-order valence-corrected chi connectivity index (χ4v) is 2.62. The molecule has 1 aromatic carbocycles. The Morgan fingerprint density at radius 3 is 2.72 bits per heavy atom. The molecule has 4 nitrogen and oxygen atoms in total. The van der Waals surface area contributed by atoms with Gasteiger partial charge in [0, 0.05) is 12.1 Å². The third-order valence-electron chi connectivity index (χ3n) is 3.51. The molecule has 1 aromatic rings. The topological polar surface area (TPSA) is 38.8 Å². The van der Waals surface area contributed by atoms with E-state index < -0.39 is 5.79 Å². The monoisotopic (exact) mass is 247 g/mol. The summed E-state index contributed by atoms with van der Waals surface area (Å²) in [5.74, 6) is -1.24. The molecule has 0 saturated carbocycles. The molecule has 1 amide bonds. The zero-order valence-electron chi connectivity index (χ0n) is 10.5. The number of benzene rings is 1. The largest absolute Gasteiger partial charge is 0.336 e. The fraction of sp³-hybridized carbons (Fsp3) is 0.500. The first kappa shape index (κ1) is 11.7. The summed E-state index contributed by atoms with van der Waals surface area (Å²) in [6.45, 7) is 3.79. The minimum atomic E-state index is -1.16. The second-order valence-corrected chi connectivity index (χ2v) is 4.64. The Bertz CT molecular complexity index is 466. The van der Waals surface area contributed by atoms with Crippen molar-refractivity contribution in [3.8, 4) is 0 Å². The highest BCUT2D eigenvalue weighted by Gasteiger charge is 2.55. The molecule has 2 heterocycles. The Kier molecular flexibility index (Phi) is 2.84. The number of rotatable bonds is 3. The number of hydrogen-bond donors (Lipinski definition) is 0. The van der Waals surface area contributed by atoms with E-state index in [0.29, 0.717) is 13.2 Å². The number of carbonyl (C=O) groups excluding carboxylic acids is 1. The lowest BCUT2D eigenvalue weighted by molar-refractivity contribution is -0.180. The molecule has 2 aliphatic rings. The van der Waals surface area contributed by atoms with Gasteiger partial charge in [-0.05, 0) is 12.5 Å². The molecule has 3 rings (SSSR count). The van der Waals surface area contributed by atoms with E-state index in [4.69, 9.17) is 9.47 Å². The molecule has 4 heteroatoms. The SMILES string of the molecule is CCCCN1C(=O)C2(OCCO2)c2ccccc21. The molecule has 18 heavy (non-hydrogen) atoms. The first-order valence-electron chi connectivity index (χ1n) is 6.49. The molecule has 0 atom stereocenters. The molecule has 0 aliphatic carbocycles. The minimum absolute atomic E-state index is 0.0744. The Hall–Kier alpha value is -1.39. The van der Waals surface area contributed by atoms with Crippen molar-refractivity contribution in [2.75, 3.05) is 24.7 Å². The van der Waals surface area contributed by atoms with Crippen LogP contribution in [-0.4, -0.2) is 25.7 Å². The highest BCUT2D eigenvalue weighted by atomic mass is 16.7. The molecule has 1 spiro atoms. The van der Waals surface area contributed by atoms with E-state index in [-0.39, 0.29) is 5.91 Å². The molecule has 1 fully saturated rings. The predicted molar refractivity (Wildman–Crippen MR) is 67.3 cm³/mol. The van der Waals surface area contributed by atoms with Gasteiger partial charge in [-0.15, -0.1) is 0 Å². The van der Waals surface area contributed by atoms with Crippen LogP contribution in [0.4, 0.5) is 5.69 Å². The summed E-state index contributed by atoms with van der Waals surface area (Å²) in [6.07, 6.45) is 2.04. The molecule has 1 saturated heterocycles. The molecule has 0 radical (unpaired) electrons. The van der Waals surface area contributed by atoms with E-state index in [1.165, 1.54) is 0 Å². The van der Waals surface area contributed by atoms with Gasteiger partial charge in [-0.3, -0.25) is 4.79 Å². The second kappa shape index (κ2) is 4.37. The molecule has 0 aromatic heterocycles. The number of para-hydroxylation sites is 1. The average Bonchev–Trinajstić information content (AvgIpc) is 2.97. The fourth-order valence-electron chi connectivity index (χ4n) is 2.62. The highest BCUT2D eigenvalue weighted by molar-refractivity contribution is 6.06. The lowest BCUT2D eigenvalue weighted by Gasteiger charge is -2.21. The van der Waals surface area contributed by atoms with Gasteiger partial charge in [0.25, 0.3) is 11.7 Å². The number of anilines is 1. The molecule has 0 N–H and O–H groups in total. The molecule has 0 bridgehead atoms. The predicted octanol–water partition coefficient (Wildman–Crippen LogP) is 2.03. The van der Waals surface area contributed by atoms with Crippen LogP contribution in [0.1, 0.15) is 25.3 Å². The van der Waals surface area contributed by atoms with Crippen LogP contribution in [0.25, 0.3) is 0 Å². The number of amides is 1. The van der Waals surface area contributed by atoms with Gasteiger partial charge in [-0.1, -0.05) is 31.5 Å². The van der Waals surface area contributed by atoms with Crippen LogP contribution in [0.5, 0.6) is 0 Å². The number of hydrogen-bond acceptors (Lipinski definition) is 3. The van der Waals surface area contributed by atoms with E-state index in [1.807, 2.05) is 24.3 Å². The van der Waals surface area contributed by atoms with Gasteiger partial charge < -0.3 is 14.4 Å². The summed E-state index contributed by atoms with van der Waals surface area (Å²) in [6, 6.07) is 7.74. The number of ether oxygens (including phenoxy) is 2. The van der Waals surface area contributed by atoms with Gasteiger partial charge in [0.15, 0.2) is 0 Å². The van der Waals surface area contributed by atoms with Crippen LogP contribution >= 0.6 is 0 Å². The van der Waals surface area contributed by atoms with Crippen LogP contribution in [-0.2, 0) is 20.1 Å². The Balaban J connectivity index is 2.02. The quantitative estimate of drug-likeness (QED) is 0.820. The van der Waals surface area contributed by atoms with Crippen molar-refractivity contribution in [3.05, 3.63) is 29.8 Å². The summed E-state index contributed by atoms with van der Waals surface area (Å²) >= 11 is 0. The zero-order chi connectivity index (χ0) is 12.6. The van der Waals surface area contributed by atoms with Gasteiger partial charge in [-0.25, -0.2) is 0 Å². The standard InChI is InChI=1S/C14H17NO3/c1-2-3-8-15-12-7-5-4-6-11(12)14(13(15)16)17-9-10-18-14/h4-7H,2-3,8-10H2,1H3. The number of nitrogens with zero attached hydrogens (tertiary/aromatic N) is 1. The molecule has 2 aliphatic heterocycles. The summed E-state index contributed by atoms with van der Waals surface area (Å²) in [7, 11) is 0. The van der Waals surface area contributed by atoms with Crippen LogP contribution < -0.4 is 4.90 Å². The number of carbonyl (C=O) groups is 1. The van der Waals surface area contributed by atoms with Crippen LogP contribution in [0, 0.1) is 0 Å². The number of fused-ring (bicyclic) bond motifs is 2. The van der Waals surface area contributed by atoms with Gasteiger partial charge in [0.2, 0.25) is 0 Å². The van der Waals surface area contributed by atoms with E-state index in [0.717, 1.165) is 30.6 Å². The van der Waals surface area contributed by atoms with Crippen LogP contribution in [0.15, 0.2) is 24.3 Å². The third kappa shape index (κ3) is 1.49. The number of unbranched alkanes of at least 4 members (excludes halogenated alkanes) is 1. The van der Waals surface area contributed by atoms with Crippen molar-refractivity contribution in [1.82, 2.24) is 0 Å². The first-order valence-corrected chi connectivity index (χ1v) is 6.49. The van der Waals surface area contributed by atoms with Crippen molar-refractivity contribution >= 4 is 11.6 Å². The van der Waals surface area contributed by atoms with Gasteiger partial charge in [0.05, 0.1) is 18.9 Å². The van der Waals surface area contributed by atoms with Crippen molar-refractivity contribution in [1.29, 1.82) is 0 Å². The van der Waals surface area contributed by atoms with Crippen LogP contribution in [0.2, 0.25) is 0 Å². The Morgan fingerprint density at radius 2 is 2.00 bits per heavy atom. The van der Waals surface area contributed by atoms with Crippen molar-refractivity contribution in [2.24, 2.45) is 0 Å². The van der Waals surface area contributed by atoms with E-state index in [9.17, 15) is 4.79 Å². The van der Waals surface area contributed by atoms with Crippen LogP contribution in [0.3, 0.4) is 0 Å². The van der Waals surface area contributed by atoms with E-state index in [2.05, 4.69) is 6.92 Å². The lowest BCUT2D eigenvalue weighted by atomic mass is 10.1. The molecular formula is C14H17NO3. The highest BCUT2D eigenvalue weighted by Crippen LogP contribution is 2.45. The summed E-state index contributed by atoms with van der Waals surface area (Å²) < 4.78 is 11.3. The maximum Gasteiger partial charge on any atom is 0.292 e. The summed E-state index contributed by atoms with van der Waals surface area (Å²) in [5.41, 5.74) is 1.78. The van der Waals surface area contributed by atoms with Crippen molar-refractivity contribution in [3.63, 3.8) is 0 Å². The molecule has 0 unspecified atom stereocenters. The van der Waals surface area contributed by atoms with E-state index >= 15 is 0 Å². The Morgan fingerprint density at radius 1 is 1.28 bits per heavy atom. The van der Waals surface area contributed by atoms with Gasteiger partial charge >= 0.3 is 0 Å². The normalized spacial score (nSPS) is 20.7. The third-order valence-corrected chi connectivity index (χ3v) is 3.51. The Labute approximate surface area is 106 Å². The summed E-state index contributed by atoms with van der Waals surface area (Å²) in [4.78, 5) is 14.4. The zero-order valence-corrected chi connectivity index (χ0v) is 10.5. The first-order chi connectivity index (χ1) is 8.79. The minimum Gasteiger partial charge on any atom is -0.336 e.